The number of carbonyl (C=O) groups excluding carboxylic acids is 2. The van der Waals surface area contributed by atoms with E-state index in [9.17, 15) is 9.59 Å². The summed E-state index contributed by atoms with van der Waals surface area (Å²) in [6, 6.07) is 6.98. The smallest absolute Gasteiger partial charge is 0.319 e. The van der Waals surface area contributed by atoms with E-state index >= 15 is 0 Å². The van der Waals surface area contributed by atoms with Crippen LogP contribution in [0, 0.1) is 0 Å². The lowest BCUT2D eigenvalue weighted by atomic mass is 10.0. The number of anilines is 1. The fourth-order valence-corrected chi connectivity index (χ4v) is 2.35. The van der Waals surface area contributed by atoms with Crippen molar-refractivity contribution >= 4 is 17.6 Å². The Hall–Kier alpha value is -3.03. The number of amides is 3. The lowest BCUT2D eigenvalue weighted by molar-refractivity contribution is -0.118. The van der Waals surface area contributed by atoms with Gasteiger partial charge in [0.25, 0.3) is 0 Å². The number of ether oxygens (including phenoxy) is 1. The fraction of sp³-hybridized carbons (Fsp3) is 0.312. The van der Waals surface area contributed by atoms with Crippen molar-refractivity contribution in [3.05, 3.63) is 42.2 Å². The van der Waals surface area contributed by atoms with Gasteiger partial charge in [0.05, 0.1) is 25.0 Å². The van der Waals surface area contributed by atoms with Gasteiger partial charge in [0.2, 0.25) is 5.91 Å². The zero-order chi connectivity index (χ0) is 17.5. The highest BCUT2D eigenvalue weighted by atomic mass is 16.5. The molecule has 8 heteroatoms. The summed E-state index contributed by atoms with van der Waals surface area (Å²) in [6.07, 6.45) is 3.69. The Morgan fingerprint density at radius 3 is 2.79 bits per heavy atom. The van der Waals surface area contributed by atoms with Gasteiger partial charge in [-0.25, -0.2) is 4.79 Å². The summed E-state index contributed by atoms with van der Waals surface area (Å²) in [5.41, 5.74) is 6.48. The molecule has 0 spiro atoms. The molecule has 0 bridgehead atoms. The van der Waals surface area contributed by atoms with Crippen molar-refractivity contribution < 1.29 is 14.3 Å². The molecule has 8 nitrogen and oxygen atoms in total. The minimum atomic E-state index is -0.503. The predicted octanol–water partition coefficient (Wildman–Crippen LogP) is 1.65. The third kappa shape index (κ3) is 4.48. The van der Waals surface area contributed by atoms with Crippen molar-refractivity contribution in [3.63, 3.8) is 0 Å². The van der Waals surface area contributed by atoms with Crippen LogP contribution in [-0.4, -0.2) is 28.8 Å². The highest BCUT2D eigenvalue weighted by molar-refractivity contribution is 5.89. The molecule has 0 aliphatic carbocycles. The van der Waals surface area contributed by atoms with Crippen LogP contribution in [0.1, 0.15) is 24.9 Å². The molecule has 128 valence electrons. The predicted molar refractivity (Wildman–Crippen MR) is 89.6 cm³/mol. The van der Waals surface area contributed by atoms with E-state index in [-0.39, 0.29) is 18.6 Å². The molecule has 0 fully saturated rings. The van der Waals surface area contributed by atoms with Gasteiger partial charge in [0.15, 0.2) is 0 Å². The number of hydrogen-bond acceptors (Lipinski definition) is 4. The molecule has 1 atom stereocenters. The standard InChI is InChI=1S/C16H21N5O3/c1-3-13(12-6-4-5-7-14(12)24-2)20-16(23)19-11-8-18-21(9-11)10-15(17)22/h4-9,13H,3,10H2,1-2H3,(H2,17,22)(H2,19,20,23)/t13-/m1/s1. The molecule has 4 N–H and O–H groups in total. The number of aromatic nitrogens is 2. The minimum Gasteiger partial charge on any atom is -0.496 e. The SMILES string of the molecule is CC[C@@H](NC(=O)Nc1cnn(CC(N)=O)c1)c1ccccc1OC. The first-order valence-electron chi connectivity index (χ1n) is 7.54. The van der Waals surface area contributed by atoms with Crippen LogP contribution in [-0.2, 0) is 11.3 Å². The van der Waals surface area contributed by atoms with Gasteiger partial charge in [0.1, 0.15) is 12.3 Å². The molecule has 1 aromatic carbocycles. The Morgan fingerprint density at radius 1 is 1.38 bits per heavy atom. The molecule has 1 aromatic heterocycles. The van der Waals surface area contributed by atoms with Gasteiger partial charge in [-0.3, -0.25) is 9.48 Å². The van der Waals surface area contributed by atoms with Crippen LogP contribution in [0.2, 0.25) is 0 Å². The summed E-state index contributed by atoms with van der Waals surface area (Å²) in [5.74, 6) is 0.218. The van der Waals surface area contributed by atoms with E-state index in [1.165, 1.54) is 17.1 Å². The summed E-state index contributed by atoms with van der Waals surface area (Å²) >= 11 is 0. The van der Waals surface area contributed by atoms with E-state index in [1.807, 2.05) is 31.2 Å². The maximum absolute atomic E-state index is 12.2. The molecule has 2 aromatic rings. The number of hydrogen-bond donors (Lipinski definition) is 3. The lowest BCUT2D eigenvalue weighted by Crippen LogP contribution is -2.32. The maximum atomic E-state index is 12.2. The van der Waals surface area contributed by atoms with Crippen LogP contribution in [0.4, 0.5) is 10.5 Å². The van der Waals surface area contributed by atoms with Gasteiger partial charge in [-0.15, -0.1) is 0 Å². The second-order valence-corrected chi connectivity index (χ2v) is 5.19. The van der Waals surface area contributed by atoms with Crippen molar-refractivity contribution in [1.29, 1.82) is 0 Å². The molecule has 24 heavy (non-hydrogen) atoms. The third-order valence-electron chi connectivity index (χ3n) is 3.44. The second kappa shape index (κ2) is 8.00. The lowest BCUT2D eigenvalue weighted by Gasteiger charge is -2.19. The van der Waals surface area contributed by atoms with Gasteiger partial charge in [0, 0.05) is 11.8 Å². The molecule has 0 aliphatic heterocycles. The summed E-state index contributed by atoms with van der Waals surface area (Å²) in [6.45, 7) is 1.93. The van der Waals surface area contributed by atoms with E-state index in [1.54, 1.807) is 7.11 Å². The van der Waals surface area contributed by atoms with Gasteiger partial charge < -0.3 is 21.1 Å². The molecule has 0 radical (unpaired) electrons. The van der Waals surface area contributed by atoms with Crippen molar-refractivity contribution in [3.8, 4) is 5.75 Å². The van der Waals surface area contributed by atoms with Crippen molar-refractivity contribution in [2.45, 2.75) is 25.9 Å². The van der Waals surface area contributed by atoms with Gasteiger partial charge >= 0.3 is 6.03 Å². The quantitative estimate of drug-likeness (QED) is 0.716. The number of carbonyl (C=O) groups is 2. The summed E-state index contributed by atoms with van der Waals surface area (Å²) in [4.78, 5) is 23.0. The zero-order valence-electron chi connectivity index (χ0n) is 13.7. The van der Waals surface area contributed by atoms with Gasteiger partial charge in [-0.1, -0.05) is 25.1 Å². The van der Waals surface area contributed by atoms with E-state index in [0.29, 0.717) is 12.1 Å². The Kier molecular flexibility index (Phi) is 5.78. The molecule has 0 saturated carbocycles. The number of urea groups is 1. The summed E-state index contributed by atoms with van der Waals surface area (Å²) in [7, 11) is 1.60. The van der Waals surface area contributed by atoms with Crippen LogP contribution >= 0.6 is 0 Å². The first-order chi connectivity index (χ1) is 11.5. The van der Waals surface area contributed by atoms with Crippen molar-refractivity contribution in [1.82, 2.24) is 15.1 Å². The van der Waals surface area contributed by atoms with E-state index in [4.69, 9.17) is 10.5 Å². The first-order valence-corrected chi connectivity index (χ1v) is 7.54. The highest BCUT2D eigenvalue weighted by Gasteiger charge is 2.16. The molecule has 2 rings (SSSR count). The second-order valence-electron chi connectivity index (χ2n) is 5.19. The Labute approximate surface area is 140 Å². The van der Waals surface area contributed by atoms with Crippen LogP contribution in [0.25, 0.3) is 0 Å². The third-order valence-corrected chi connectivity index (χ3v) is 3.44. The molecular weight excluding hydrogens is 310 g/mol. The van der Waals surface area contributed by atoms with Crippen molar-refractivity contribution in [2.24, 2.45) is 5.73 Å². The Balaban J connectivity index is 2.01. The topological polar surface area (TPSA) is 111 Å². The van der Waals surface area contributed by atoms with E-state index in [2.05, 4.69) is 15.7 Å². The molecule has 0 unspecified atom stereocenters. The van der Waals surface area contributed by atoms with Crippen LogP contribution in [0.5, 0.6) is 5.75 Å². The fourth-order valence-electron chi connectivity index (χ4n) is 2.35. The number of methoxy groups -OCH3 is 1. The Morgan fingerprint density at radius 2 is 2.12 bits per heavy atom. The number of nitrogens with two attached hydrogens (primary N) is 1. The number of nitrogens with zero attached hydrogens (tertiary/aromatic N) is 2. The number of benzene rings is 1. The summed E-state index contributed by atoms with van der Waals surface area (Å²) < 4.78 is 6.70. The number of primary amides is 1. The van der Waals surface area contributed by atoms with Crippen molar-refractivity contribution in [2.75, 3.05) is 12.4 Å². The normalized spacial score (nSPS) is 11.6. The monoisotopic (exact) mass is 331 g/mol. The largest absolute Gasteiger partial charge is 0.496 e. The molecule has 0 saturated heterocycles. The average Bonchev–Trinajstić information content (AvgIpc) is 2.98. The zero-order valence-corrected chi connectivity index (χ0v) is 13.7. The highest BCUT2D eigenvalue weighted by Crippen LogP contribution is 2.26. The molecular formula is C16H21N5O3. The Bertz CT molecular complexity index is 713. The number of rotatable bonds is 7. The van der Waals surface area contributed by atoms with Crippen LogP contribution in [0.15, 0.2) is 36.7 Å². The average molecular weight is 331 g/mol. The molecule has 0 aliphatic rings. The van der Waals surface area contributed by atoms with Gasteiger partial charge in [-0.05, 0) is 12.5 Å². The van der Waals surface area contributed by atoms with E-state index in [0.717, 1.165) is 11.3 Å². The van der Waals surface area contributed by atoms with E-state index < -0.39 is 5.91 Å². The first kappa shape index (κ1) is 17.3. The number of nitrogens with one attached hydrogen (secondary N) is 2. The summed E-state index contributed by atoms with van der Waals surface area (Å²) in [5, 5.41) is 9.53. The van der Waals surface area contributed by atoms with Gasteiger partial charge in [-0.2, -0.15) is 5.10 Å². The number of para-hydroxylation sites is 1. The molecule has 1 heterocycles. The maximum Gasteiger partial charge on any atom is 0.319 e. The van der Waals surface area contributed by atoms with Crippen LogP contribution < -0.4 is 21.1 Å². The minimum absolute atomic E-state index is 0.0396. The molecule has 3 amide bonds. The van der Waals surface area contributed by atoms with Crippen LogP contribution in [0.3, 0.4) is 0 Å².